The normalized spacial score (nSPS) is 10.6. The molecule has 1 aromatic carbocycles. The zero-order valence-electron chi connectivity index (χ0n) is 16.5. The van der Waals surface area contributed by atoms with E-state index in [2.05, 4.69) is 20.6 Å². The summed E-state index contributed by atoms with van der Waals surface area (Å²) in [6.07, 6.45) is 3.28. The summed E-state index contributed by atoms with van der Waals surface area (Å²) < 4.78 is 0. The van der Waals surface area contributed by atoms with E-state index in [-0.39, 0.29) is 11.8 Å². The molecule has 0 saturated carbocycles. The number of aromatic nitrogens is 2. The predicted octanol–water partition coefficient (Wildman–Crippen LogP) is 4.04. The van der Waals surface area contributed by atoms with E-state index in [4.69, 9.17) is 0 Å². The molecule has 0 unspecified atom stereocenters. The Balaban J connectivity index is 2.04. The van der Waals surface area contributed by atoms with Gasteiger partial charge in [0.1, 0.15) is 0 Å². The monoisotopic (exact) mass is 386 g/mol. The lowest BCUT2D eigenvalue weighted by Gasteiger charge is -2.13. The molecule has 0 aliphatic carbocycles. The Hall–Kier alpha value is -2.41. The van der Waals surface area contributed by atoms with Crippen molar-refractivity contribution < 1.29 is 9.59 Å². The maximum Gasteiger partial charge on any atom is 0.224 e. The molecule has 0 spiro atoms. The maximum absolute atomic E-state index is 12.4. The van der Waals surface area contributed by atoms with Crippen LogP contribution in [0.5, 0.6) is 0 Å². The quantitative estimate of drug-likeness (QED) is 0.554. The van der Waals surface area contributed by atoms with Crippen LogP contribution < -0.4 is 10.6 Å². The highest BCUT2D eigenvalue weighted by molar-refractivity contribution is 7.98. The van der Waals surface area contributed by atoms with Crippen molar-refractivity contribution in [2.45, 2.75) is 52.1 Å². The average molecular weight is 387 g/mol. The van der Waals surface area contributed by atoms with Crippen molar-refractivity contribution in [2.24, 2.45) is 0 Å². The number of nitrogens with zero attached hydrogens (tertiary/aromatic N) is 2. The Morgan fingerprint density at radius 3 is 2.30 bits per heavy atom. The van der Waals surface area contributed by atoms with Gasteiger partial charge in [0, 0.05) is 35.6 Å². The number of hydrogen-bond donors (Lipinski definition) is 2. The van der Waals surface area contributed by atoms with E-state index in [0.29, 0.717) is 30.6 Å². The van der Waals surface area contributed by atoms with Gasteiger partial charge in [0.25, 0.3) is 0 Å². The topological polar surface area (TPSA) is 84.0 Å². The predicted molar refractivity (Wildman–Crippen MR) is 110 cm³/mol. The highest BCUT2D eigenvalue weighted by Gasteiger charge is 2.12. The summed E-state index contributed by atoms with van der Waals surface area (Å²) in [7, 11) is 0. The summed E-state index contributed by atoms with van der Waals surface area (Å²) in [5.41, 5.74) is 5.17. The van der Waals surface area contributed by atoms with E-state index in [1.54, 1.807) is 13.0 Å². The number of rotatable bonds is 7. The molecule has 0 atom stereocenters. The zero-order valence-corrected chi connectivity index (χ0v) is 17.3. The lowest BCUT2D eigenvalue weighted by atomic mass is 10.1. The van der Waals surface area contributed by atoms with Crippen molar-refractivity contribution in [3.8, 4) is 0 Å². The first-order valence-corrected chi connectivity index (χ1v) is 10.1. The highest BCUT2D eigenvalue weighted by atomic mass is 32.2. The van der Waals surface area contributed by atoms with Crippen molar-refractivity contribution in [1.29, 1.82) is 0 Å². The van der Waals surface area contributed by atoms with E-state index < -0.39 is 0 Å². The molecular formula is C20H26N4O2S. The molecule has 6 nitrogen and oxygen atoms in total. The molecule has 1 aromatic heterocycles. The van der Waals surface area contributed by atoms with Gasteiger partial charge >= 0.3 is 0 Å². The lowest BCUT2D eigenvalue weighted by Crippen LogP contribution is -2.15. The third-order valence-corrected chi connectivity index (χ3v) is 4.85. The Kier molecular flexibility index (Phi) is 7.36. The van der Waals surface area contributed by atoms with Crippen molar-refractivity contribution in [3.63, 3.8) is 0 Å². The van der Waals surface area contributed by atoms with Crippen LogP contribution in [0.15, 0.2) is 23.4 Å². The molecule has 0 saturated heterocycles. The molecule has 0 aliphatic heterocycles. The van der Waals surface area contributed by atoms with Gasteiger partial charge < -0.3 is 10.6 Å². The Labute approximate surface area is 164 Å². The van der Waals surface area contributed by atoms with E-state index in [0.717, 1.165) is 27.7 Å². The first-order valence-electron chi connectivity index (χ1n) is 8.92. The summed E-state index contributed by atoms with van der Waals surface area (Å²) in [5.74, 6) is -0.138. The van der Waals surface area contributed by atoms with Gasteiger partial charge in [-0.2, -0.15) is 0 Å². The van der Waals surface area contributed by atoms with Crippen molar-refractivity contribution in [1.82, 2.24) is 9.97 Å². The molecule has 2 amide bonds. The third kappa shape index (κ3) is 5.79. The number of carbonyl (C=O) groups is 2. The molecule has 2 aromatic rings. The Morgan fingerprint density at radius 2 is 1.70 bits per heavy atom. The highest BCUT2D eigenvalue weighted by Crippen LogP contribution is 2.22. The fourth-order valence-electron chi connectivity index (χ4n) is 2.70. The summed E-state index contributed by atoms with van der Waals surface area (Å²) in [5, 5.41) is 6.50. The number of carbonyl (C=O) groups excluding carboxylic acids is 2. The summed E-state index contributed by atoms with van der Waals surface area (Å²) in [6, 6.07) is 5.49. The van der Waals surface area contributed by atoms with Crippen LogP contribution in [0.25, 0.3) is 0 Å². The van der Waals surface area contributed by atoms with Crippen molar-refractivity contribution in [2.75, 3.05) is 16.9 Å². The molecule has 7 heteroatoms. The van der Waals surface area contributed by atoms with Crippen LogP contribution in [-0.4, -0.2) is 28.0 Å². The average Bonchev–Trinajstić information content (AvgIpc) is 2.63. The van der Waals surface area contributed by atoms with Gasteiger partial charge in [0.2, 0.25) is 11.8 Å². The van der Waals surface area contributed by atoms with Crippen LogP contribution in [0, 0.1) is 20.8 Å². The fraction of sp³-hybridized carbons (Fsp3) is 0.400. The molecule has 0 aliphatic rings. The van der Waals surface area contributed by atoms with Crippen LogP contribution in [0.3, 0.4) is 0 Å². The Morgan fingerprint density at radius 1 is 1.04 bits per heavy atom. The van der Waals surface area contributed by atoms with Crippen LogP contribution in [-0.2, 0) is 16.0 Å². The summed E-state index contributed by atoms with van der Waals surface area (Å²) in [6.45, 7) is 7.62. The van der Waals surface area contributed by atoms with Gasteiger partial charge in [0.15, 0.2) is 5.16 Å². The number of anilines is 2. The van der Waals surface area contributed by atoms with Crippen molar-refractivity contribution in [3.05, 3.63) is 40.7 Å². The minimum absolute atomic E-state index is 0.0595. The molecule has 144 valence electrons. The smallest absolute Gasteiger partial charge is 0.224 e. The largest absolute Gasteiger partial charge is 0.326 e. The van der Waals surface area contributed by atoms with Crippen molar-refractivity contribution >= 4 is 35.0 Å². The van der Waals surface area contributed by atoms with Crippen LogP contribution in [0.4, 0.5) is 11.4 Å². The first kappa shape index (κ1) is 20.9. The molecule has 1 heterocycles. The lowest BCUT2D eigenvalue weighted by molar-refractivity contribution is -0.116. The number of nitrogens with one attached hydrogen (secondary N) is 2. The van der Waals surface area contributed by atoms with Gasteiger partial charge in [-0.25, -0.2) is 9.97 Å². The Bertz CT molecular complexity index is 829. The molecule has 0 bridgehead atoms. The minimum atomic E-state index is -0.0789. The second-order valence-corrected chi connectivity index (χ2v) is 7.11. The van der Waals surface area contributed by atoms with E-state index in [1.165, 1.54) is 11.8 Å². The van der Waals surface area contributed by atoms with Gasteiger partial charge in [-0.15, -0.1) is 0 Å². The fourth-order valence-corrected chi connectivity index (χ4v) is 3.15. The zero-order chi connectivity index (χ0) is 20.0. The second-order valence-electron chi connectivity index (χ2n) is 6.34. The first-order chi connectivity index (χ1) is 12.8. The molecule has 0 fully saturated rings. The van der Waals surface area contributed by atoms with Gasteiger partial charge in [-0.3, -0.25) is 9.59 Å². The number of hydrogen-bond acceptors (Lipinski definition) is 5. The SMILES string of the molecule is CCC(=O)Nc1ccc(C)c(NC(=O)CCc2c(C)nc(SC)nc2C)c1. The number of aryl methyl sites for hydroxylation is 3. The summed E-state index contributed by atoms with van der Waals surface area (Å²) >= 11 is 1.51. The van der Waals surface area contributed by atoms with Crippen LogP contribution in [0.1, 0.15) is 42.3 Å². The van der Waals surface area contributed by atoms with Crippen LogP contribution >= 0.6 is 11.8 Å². The molecular weight excluding hydrogens is 360 g/mol. The standard InChI is InChI=1S/C20H26N4O2S/c1-6-18(25)23-15-8-7-12(2)17(11-15)24-19(26)10-9-16-13(3)21-20(27-5)22-14(16)4/h7-8,11H,6,9-10H2,1-5H3,(H,23,25)(H,24,26). The number of amides is 2. The van der Waals surface area contributed by atoms with Gasteiger partial charge in [-0.05, 0) is 56.7 Å². The third-order valence-electron chi connectivity index (χ3n) is 4.30. The number of benzene rings is 1. The minimum Gasteiger partial charge on any atom is -0.326 e. The molecule has 2 rings (SSSR count). The number of thioether (sulfide) groups is 1. The molecule has 2 N–H and O–H groups in total. The van der Waals surface area contributed by atoms with E-state index in [9.17, 15) is 9.59 Å². The van der Waals surface area contributed by atoms with Crippen LogP contribution in [0.2, 0.25) is 0 Å². The van der Waals surface area contributed by atoms with Gasteiger partial charge in [-0.1, -0.05) is 24.8 Å². The molecule has 27 heavy (non-hydrogen) atoms. The summed E-state index contributed by atoms with van der Waals surface area (Å²) in [4.78, 5) is 32.9. The second kappa shape index (κ2) is 9.50. The molecule has 0 radical (unpaired) electrons. The van der Waals surface area contributed by atoms with E-state index >= 15 is 0 Å². The maximum atomic E-state index is 12.4. The van der Waals surface area contributed by atoms with Gasteiger partial charge in [0.05, 0.1) is 0 Å². The van der Waals surface area contributed by atoms with E-state index in [1.807, 2.05) is 39.2 Å².